The summed E-state index contributed by atoms with van der Waals surface area (Å²) >= 11 is 0. The number of carbonyl (C=O) groups excluding carboxylic acids is 2. The normalized spacial score (nSPS) is 24.1. The van der Waals surface area contributed by atoms with Crippen molar-refractivity contribution in [1.29, 1.82) is 0 Å². The Morgan fingerprint density at radius 1 is 1.46 bits per heavy atom. The second-order valence-electron chi connectivity index (χ2n) is 6.18. The van der Waals surface area contributed by atoms with E-state index in [9.17, 15) is 9.59 Å². The van der Waals surface area contributed by atoms with Crippen LogP contribution in [0.15, 0.2) is 18.7 Å². The molecule has 0 aliphatic carbocycles. The maximum atomic E-state index is 12.5. The fourth-order valence-corrected chi connectivity index (χ4v) is 3.36. The van der Waals surface area contributed by atoms with Crippen molar-refractivity contribution >= 4 is 11.8 Å². The molecule has 2 atom stereocenters. The summed E-state index contributed by atoms with van der Waals surface area (Å²) in [4.78, 5) is 32.3. The summed E-state index contributed by atoms with van der Waals surface area (Å²) in [5.41, 5.74) is 0. The number of piperidine rings is 1. The molecule has 2 saturated heterocycles. The molecule has 0 spiro atoms. The van der Waals surface area contributed by atoms with Crippen LogP contribution in [0.5, 0.6) is 0 Å². The van der Waals surface area contributed by atoms with Gasteiger partial charge in [0.1, 0.15) is 6.61 Å². The number of ether oxygens (including phenoxy) is 2. The lowest BCUT2D eigenvalue weighted by molar-refractivity contribution is -0.167. The molecule has 2 aliphatic rings. The van der Waals surface area contributed by atoms with E-state index in [0.29, 0.717) is 39.2 Å². The van der Waals surface area contributed by atoms with E-state index in [1.54, 1.807) is 19.6 Å². The van der Waals surface area contributed by atoms with Gasteiger partial charge in [-0.2, -0.15) is 0 Å². The van der Waals surface area contributed by atoms with Crippen LogP contribution in [0.4, 0.5) is 0 Å². The van der Waals surface area contributed by atoms with Gasteiger partial charge in [-0.25, -0.2) is 4.98 Å². The van der Waals surface area contributed by atoms with E-state index in [1.165, 1.54) is 0 Å². The number of methoxy groups -OCH3 is 1. The molecule has 0 radical (unpaired) electrons. The number of hydrogen-bond acceptors (Lipinski definition) is 5. The molecule has 0 aromatic carbocycles. The van der Waals surface area contributed by atoms with Crippen LogP contribution in [0.25, 0.3) is 0 Å². The summed E-state index contributed by atoms with van der Waals surface area (Å²) in [6.07, 6.45) is 6.46. The number of likely N-dealkylation sites (tertiary alicyclic amines) is 1. The highest BCUT2D eigenvalue weighted by Crippen LogP contribution is 2.24. The Morgan fingerprint density at radius 3 is 3.08 bits per heavy atom. The van der Waals surface area contributed by atoms with Crippen LogP contribution in [-0.2, 0) is 25.6 Å². The van der Waals surface area contributed by atoms with E-state index < -0.39 is 0 Å². The molecule has 24 heavy (non-hydrogen) atoms. The van der Waals surface area contributed by atoms with Gasteiger partial charge in [0, 0.05) is 52.1 Å². The van der Waals surface area contributed by atoms with E-state index in [4.69, 9.17) is 9.47 Å². The minimum Gasteiger partial charge on any atom is -0.383 e. The van der Waals surface area contributed by atoms with Crippen molar-refractivity contribution in [2.45, 2.75) is 31.5 Å². The van der Waals surface area contributed by atoms with E-state index in [0.717, 1.165) is 6.42 Å². The van der Waals surface area contributed by atoms with Crippen LogP contribution in [0.1, 0.15) is 12.8 Å². The summed E-state index contributed by atoms with van der Waals surface area (Å²) in [7, 11) is 1.62. The Bertz CT molecular complexity index is 562. The number of aromatic nitrogens is 2. The predicted molar refractivity (Wildman–Crippen MR) is 85.2 cm³/mol. The lowest BCUT2D eigenvalue weighted by atomic mass is 9.98. The van der Waals surface area contributed by atoms with Crippen LogP contribution in [0, 0.1) is 0 Å². The topological polar surface area (TPSA) is 76.9 Å². The van der Waals surface area contributed by atoms with E-state index in [2.05, 4.69) is 4.98 Å². The van der Waals surface area contributed by atoms with Crippen LogP contribution in [0.3, 0.4) is 0 Å². The van der Waals surface area contributed by atoms with Crippen molar-refractivity contribution in [3.8, 4) is 0 Å². The van der Waals surface area contributed by atoms with Gasteiger partial charge in [0.2, 0.25) is 11.8 Å². The standard InChI is InChI=1S/C16H24N4O4/c1-23-9-8-20-13-10-19(6-2-14(13)24-11-16(20)22)15(21)3-5-18-7-4-17-12-18/h4,7,12-14H,2-3,5-6,8-11H2,1H3/t13-,14+/m0/s1. The number of morpholine rings is 1. The minimum absolute atomic E-state index is 0.0113. The number of aryl methyl sites for hydroxylation is 1. The van der Waals surface area contributed by atoms with Gasteiger partial charge >= 0.3 is 0 Å². The van der Waals surface area contributed by atoms with Gasteiger partial charge in [-0.05, 0) is 6.42 Å². The largest absolute Gasteiger partial charge is 0.383 e. The smallest absolute Gasteiger partial charge is 0.249 e. The summed E-state index contributed by atoms with van der Waals surface area (Å²) in [5.74, 6) is 0.0767. The number of nitrogens with zero attached hydrogens (tertiary/aromatic N) is 4. The Hall–Kier alpha value is -1.93. The molecule has 2 fully saturated rings. The van der Waals surface area contributed by atoms with Crippen molar-refractivity contribution in [2.24, 2.45) is 0 Å². The third-order valence-corrected chi connectivity index (χ3v) is 4.69. The fraction of sp³-hybridized carbons (Fsp3) is 0.688. The van der Waals surface area contributed by atoms with Gasteiger partial charge in [0.05, 0.1) is 25.1 Å². The molecule has 3 heterocycles. The first-order valence-corrected chi connectivity index (χ1v) is 8.32. The molecule has 2 aliphatic heterocycles. The molecule has 132 valence electrons. The SMILES string of the molecule is COCCN1C(=O)CO[C@@H]2CCN(C(=O)CCn3ccnc3)C[C@@H]21. The monoisotopic (exact) mass is 336 g/mol. The summed E-state index contributed by atoms with van der Waals surface area (Å²) < 4.78 is 12.7. The number of imidazole rings is 1. The second kappa shape index (κ2) is 7.76. The maximum Gasteiger partial charge on any atom is 0.249 e. The van der Waals surface area contributed by atoms with Gasteiger partial charge in [-0.15, -0.1) is 0 Å². The molecule has 8 heteroatoms. The Labute approximate surface area is 141 Å². The molecule has 2 amide bonds. The summed E-state index contributed by atoms with van der Waals surface area (Å²) in [5, 5.41) is 0. The molecule has 0 saturated carbocycles. The first kappa shape index (κ1) is 16.9. The number of rotatable bonds is 6. The van der Waals surface area contributed by atoms with Crippen molar-refractivity contribution in [3.05, 3.63) is 18.7 Å². The molecule has 0 unspecified atom stereocenters. The van der Waals surface area contributed by atoms with Crippen molar-refractivity contribution in [3.63, 3.8) is 0 Å². The molecule has 1 aromatic heterocycles. The summed E-state index contributed by atoms with van der Waals surface area (Å²) in [6.45, 7) is 2.98. The number of amides is 2. The Morgan fingerprint density at radius 2 is 2.33 bits per heavy atom. The Kier molecular flexibility index (Phi) is 5.47. The second-order valence-corrected chi connectivity index (χ2v) is 6.18. The molecule has 0 N–H and O–H groups in total. The van der Waals surface area contributed by atoms with Crippen LogP contribution in [-0.4, -0.2) is 83.3 Å². The quantitative estimate of drug-likeness (QED) is 0.716. The lowest BCUT2D eigenvalue weighted by Crippen LogP contribution is -2.63. The van der Waals surface area contributed by atoms with E-state index >= 15 is 0 Å². The average molecular weight is 336 g/mol. The molecule has 8 nitrogen and oxygen atoms in total. The third kappa shape index (κ3) is 3.76. The van der Waals surface area contributed by atoms with Gasteiger partial charge in [-0.1, -0.05) is 0 Å². The molecule has 1 aromatic rings. The van der Waals surface area contributed by atoms with Crippen molar-refractivity contribution in [1.82, 2.24) is 19.4 Å². The number of carbonyl (C=O) groups is 2. The average Bonchev–Trinajstić information content (AvgIpc) is 3.12. The number of fused-ring (bicyclic) bond motifs is 1. The zero-order valence-corrected chi connectivity index (χ0v) is 14.0. The van der Waals surface area contributed by atoms with E-state index in [-0.39, 0.29) is 30.6 Å². The van der Waals surface area contributed by atoms with Gasteiger partial charge in [-0.3, -0.25) is 9.59 Å². The molecule has 0 bridgehead atoms. The van der Waals surface area contributed by atoms with Crippen LogP contribution in [0.2, 0.25) is 0 Å². The van der Waals surface area contributed by atoms with Crippen molar-refractivity contribution in [2.75, 3.05) is 40.0 Å². The first-order valence-electron chi connectivity index (χ1n) is 8.32. The van der Waals surface area contributed by atoms with Gasteiger partial charge in [0.15, 0.2) is 0 Å². The summed E-state index contributed by atoms with van der Waals surface area (Å²) in [6, 6.07) is -0.0765. The zero-order valence-electron chi connectivity index (χ0n) is 14.0. The highest BCUT2D eigenvalue weighted by molar-refractivity contribution is 5.79. The van der Waals surface area contributed by atoms with Crippen LogP contribution < -0.4 is 0 Å². The predicted octanol–water partition coefficient (Wildman–Crippen LogP) is -0.252. The molecule has 3 rings (SSSR count). The third-order valence-electron chi connectivity index (χ3n) is 4.69. The minimum atomic E-state index is -0.0765. The lowest BCUT2D eigenvalue weighted by Gasteiger charge is -2.46. The Balaban J connectivity index is 1.58. The maximum absolute atomic E-state index is 12.5. The highest BCUT2D eigenvalue weighted by atomic mass is 16.5. The van der Waals surface area contributed by atoms with Crippen molar-refractivity contribution < 1.29 is 19.1 Å². The molecular formula is C16H24N4O4. The van der Waals surface area contributed by atoms with E-state index in [1.807, 2.05) is 20.6 Å². The highest BCUT2D eigenvalue weighted by Gasteiger charge is 2.41. The fourth-order valence-electron chi connectivity index (χ4n) is 3.36. The zero-order chi connectivity index (χ0) is 16.9. The van der Waals surface area contributed by atoms with Crippen LogP contribution >= 0.6 is 0 Å². The molecular weight excluding hydrogens is 312 g/mol. The van der Waals surface area contributed by atoms with Gasteiger partial charge in [0.25, 0.3) is 0 Å². The number of hydrogen-bond donors (Lipinski definition) is 0. The van der Waals surface area contributed by atoms with Gasteiger partial charge < -0.3 is 23.8 Å². The first-order chi connectivity index (χ1) is 11.7.